The summed E-state index contributed by atoms with van der Waals surface area (Å²) in [4.78, 5) is 0. The average molecular weight is 1170 g/mol. The van der Waals surface area contributed by atoms with Gasteiger partial charge in [0.1, 0.15) is 6.07 Å². The number of hydrogen-bond donors (Lipinski definition) is 0. The zero-order chi connectivity index (χ0) is 61.7. The van der Waals surface area contributed by atoms with Crippen molar-refractivity contribution >= 4 is 87.2 Å². The summed E-state index contributed by atoms with van der Waals surface area (Å²) in [6.45, 7) is 8.16. The minimum Gasteiger partial charge on any atom is -0.308 e. The zero-order valence-electron chi connectivity index (χ0n) is 49.4. The van der Waals surface area contributed by atoms with Crippen LogP contribution in [0.3, 0.4) is 0 Å². The molecule has 0 unspecified atom stereocenters. The molecule has 0 saturated carbocycles. The molecule has 90 heavy (non-hydrogen) atoms. The van der Waals surface area contributed by atoms with Crippen LogP contribution in [0.1, 0.15) is 44.5 Å². The summed E-state index contributed by atoms with van der Waals surface area (Å²) < 4.78 is 54.6. The number of aryl methyl sites for hydroxylation is 4. The van der Waals surface area contributed by atoms with Crippen molar-refractivity contribution in [1.82, 2.24) is 18.3 Å². The monoisotopic (exact) mass is 1170 g/mol. The highest BCUT2D eigenvalue weighted by molar-refractivity contribution is 6.14. The van der Waals surface area contributed by atoms with Gasteiger partial charge >= 0.3 is 6.18 Å². The fourth-order valence-corrected chi connectivity index (χ4v) is 13.9. The Balaban J connectivity index is 0.000000150. The SMILES string of the molecule is Cc1cccc2c3ccccc3n(-c3cc(-c4cccc(C#N)c4)c(-n4c5ccccc5c5cccc(C)c54)cc3C#N)c12.Cc1cccc2c3ccccc3n(-c3cc(C(F)(F)F)c(-n4c5ccccc5c5cccc(C)c54)cc3-c3cccc(C#N)c3)c12. The Morgan fingerprint density at radius 2 is 0.611 bits per heavy atom. The lowest BCUT2D eigenvalue weighted by molar-refractivity contribution is -0.137. The maximum Gasteiger partial charge on any atom is 0.418 e. The molecule has 0 N–H and O–H groups in total. The number of nitrogens with zero attached hydrogens (tertiary/aromatic N) is 7. The predicted molar refractivity (Wildman–Crippen MR) is 359 cm³/mol. The maximum absolute atomic E-state index is 15.5. The number of halogens is 3. The Bertz CT molecular complexity index is 5830. The molecule has 0 aliphatic rings. The van der Waals surface area contributed by atoms with Crippen molar-refractivity contribution in [3.8, 4) is 63.2 Å². The molecule has 0 aliphatic carbocycles. The molecule has 0 amide bonds. The second-order valence-corrected chi connectivity index (χ2v) is 23.1. The second-order valence-electron chi connectivity index (χ2n) is 23.1. The number of alkyl halides is 3. The third-order valence-electron chi connectivity index (χ3n) is 17.8. The van der Waals surface area contributed by atoms with Gasteiger partial charge < -0.3 is 18.3 Å². The van der Waals surface area contributed by atoms with Crippen LogP contribution in [-0.4, -0.2) is 18.3 Å². The second kappa shape index (κ2) is 21.2. The molecule has 428 valence electrons. The molecule has 4 aromatic heterocycles. The Morgan fingerprint density at radius 3 is 0.967 bits per heavy atom. The number of para-hydroxylation sites is 8. The Kier molecular flexibility index (Phi) is 12.9. The van der Waals surface area contributed by atoms with Crippen LogP contribution < -0.4 is 0 Å². The van der Waals surface area contributed by atoms with E-state index in [2.05, 4.69) is 126 Å². The van der Waals surface area contributed by atoms with Gasteiger partial charge in [0.2, 0.25) is 0 Å². The topological polar surface area (TPSA) is 91.1 Å². The molecular weight excluding hydrogens is 1120 g/mol. The van der Waals surface area contributed by atoms with Crippen molar-refractivity contribution in [2.24, 2.45) is 0 Å². The molecule has 0 fully saturated rings. The van der Waals surface area contributed by atoms with E-state index >= 15 is 13.2 Å². The van der Waals surface area contributed by atoms with Gasteiger partial charge in [-0.15, -0.1) is 0 Å². The molecule has 0 saturated heterocycles. The van der Waals surface area contributed by atoms with E-state index in [4.69, 9.17) is 0 Å². The lowest BCUT2D eigenvalue weighted by atomic mass is 9.97. The Morgan fingerprint density at radius 1 is 0.300 bits per heavy atom. The quantitative estimate of drug-likeness (QED) is 0.166. The van der Waals surface area contributed by atoms with Gasteiger partial charge in [0, 0.05) is 54.2 Å². The van der Waals surface area contributed by atoms with Crippen molar-refractivity contribution in [2.45, 2.75) is 33.9 Å². The minimum absolute atomic E-state index is 0.0339. The van der Waals surface area contributed by atoms with Crippen molar-refractivity contribution in [3.63, 3.8) is 0 Å². The summed E-state index contributed by atoms with van der Waals surface area (Å²) in [5, 5.41) is 38.7. The van der Waals surface area contributed by atoms with Crippen LogP contribution in [-0.2, 0) is 6.18 Å². The van der Waals surface area contributed by atoms with Crippen LogP contribution in [0.15, 0.2) is 243 Å². The van der Waals surface area contributed by atoms with Gasteiger partial charge in [0.25, 0.3) is 0 Å². The van der Waals surface area contributed by atoms with Gasteiger partial charge in [-0.05, 0) is 134 Å². The maximum atomic E-state index is 15.5. The number of fused-ring (bicyclic) bond motifs is 12. The average Bonchev–Trinajstić information content (AvgIpc) is 1.53. The number of hydrogen-bond acceptors (Lipinski definition) is 3. The Hall–Kier alpha value is -11.9. The number of benzene rings is 12. The summed E-state index contributed by atoms with van der Waals surface area (Å²) in [5.41, 5.74) is 17.6. The molecule has 0 atom stereocenters. The summed E-state index contributed by atoms with van der Waals surface area (Å²) in [6.07, 6.45) is -4.68. The number of aromatic nitrogens is 4. The molecule has 7 nitrogen and oxygen atoms in total. The van der Waals surface area contributed by atoms with Crippen LogP contribution in [0.4, 0.5) is 13.2 Å². The third-order valence-corrected chi connectivity index (χ3v) is 17.8. The van der Waals surface area contributed by atoms with Crippen LogP contribution in [0.5, 0.6) is 0 Å². The molecule has 0 spiro atoms. The fraction of sp³-hybridized carbons (Fsp3) is 0.0625. The summed E-state index contributed by atoms with van der Waals surface area (Å²) >= 11 is 0. The first-order valence-corrected chi connectivity index (χ1v) is 29.7. The molecule has 12 aromatic carbocycles. The number of rotatable bonds is 6. The lowest BCUT2D eigenvalue weighted by Gasteiger charge is -2.22. The van der Waals surface area contributed by atoms with Crippen LogP contribution >= 0.6 is 0 Å². The van der Waals surface area contributed by atoms with Crippen LogP contribution in [0.25, 0.3) is 132 Å². The minimum atomic E-state index is -4.68. The molecular formula is C80H52F3N7. The van der Waals surface area contributed by atoms with E-state index in [-0.39, 0.29) is 5.69 Å². The third kappa shape index (κ3) is 8.55. The van der Waals surface area contributed by atoms with Crippen molar-refractivity contribution in [2.75, 3.05) is 0 Å². The molecule has 0 bridgehead atoms. The molecule has 10 heteroatoms. The first kappa shape index (κ1) is 54.7. The molecule has 16 rings (SSSR count). The van der Waals surface area contributed by atoms with Gasteiger partial charge in [-0.1, -0.05) is 170 Å². The van der Waals surface area contributed by atoms with E-state index in [0.29, 0.717) is 39.0 Å². The van der Waals surface area contributed by atoms with Gasteiger partial charge in [-0.3, -0.25) is 0 Å². The van der Waals surface area contributed by atoms with Gasteiger partial charge in [-0.2, -0.15) is 29.0 Å². The standard InChI is InChI=1S/C40H26F3N3.C40H26N4/c1-24-10-7-16-30-28-14-3-5-18-34(28)45(38(24)30)36-22-33(40(41,42)43)37(21-32(36)27-13-9-12-26(20-27)23-44)46-35-19-6-4-15-29(35)31-17-8-11-25(2)39(31)46;1-25-10-7-16-32-30-14-3-5-18-35(30)43(39(25)32)37-22-34(28-13-9-12-27(20-28)23-41)38(21-29(37)24-42)44-36-19-6-4-15-31(36)33-17-8-11-26(2)40(33)44/h3-22H,1-2H3;3-22H,1-2H3. The van der Waals surface area contributed by atoms with E-state index in [0.717, 1.165) is 126 Å². The van der Waals surface area contributed by atoms with Crippen LogP contribution in [0.2, 0.25) is 0 Å². The molecule has 0 aliphatic heterocycles. The van der Waals surface area contributed by atoms with Crippen molar-refractivity contribution < 1.29 is 13.2 Å². The van der Waals surface area contributed by atoms with Gasteiger partial charge in [0.05, 0.1) is 101 Å². The normalized spacial score (nSPS) is 11.7. The highest BCUT2D eigenvalue weighted by Crippen LogP contribution is 2.47. The largest absolute Gasteiger partial charge is 0.418 e. The van der Waals surface area contributed by atoms with Gasteiger partial charge in [0.15, 0.2) is 0 Å². The van der Waals surface area contributed by atoms with Crippen LogP contribution in [0, 0.1) is 61.7 Å². The van der Waals surface area contributed by atoms with E-state index in [1.54, 1.807) is 28.8 Å². The van der Waals surface area contributed by atoms with Gasteiger partial charge in [-0.25, -0.2) is 0 Å². The first-order valence-electron chi connectivity index (χ1n) is 29.7. The molecule has 0 radical (unpaired) electrons. The highest BCUT2D eigenvalue weighted by atomic mass is 19.4. The summed E-state index contributed by atoms with van der Waals surface area (Å²) in [5.74, 6) is 0. The van der Waals surface area contributed by atoms with Crippen molar-refractivity contribution in [3.05, 3.63) is 287 Å². The lowest BCUT2D eigenvalue weighted by Crippen LogP contribution is -2.13. The zero-order valence-corrected chi connectivity index (χ0v) is 49.4. The van der Waals surface area contributed by atoms with E-state index in [1.807, 2.05) is 146 Å². The van der Waals surface area contributed by atoms with Crippen molar-refractivity contribution in [1.29, 1.82) is 15.8 Å². The van der Waals surface area contributed by atoms with E-state index in [9.17, 15) is 15.8 Å². The summed E-state index contributed by atoms with van der Waals surface area (Å²) in [7, 11) is 0. The summed E-state index contributed by atoms with van der Waals surface area (Å²) in [6, 6.07) is 85.7. The molecule has 4 heterocycles. The Labute approximate surface area is 516 Å². The predicted octanol–water partition coefficient (Wildman–Crippen LogP) is 21.0. The van der Waals surface area contributed by atoms with E-state index < -0.39 is 11.7 Å². The first-order chi connectivity index (χ1) is 43.8. The molecule has 16 aromatic rings. The number of nitriles is 3. The highest BCUT2D eigenvalue weighted by Gasteiger charge is 2.37. The fourth-order valence-electron chi connectivity index (χ4n) is 13.9. The van der Waals surface area contributed by atoms with E-state index in [1.165, 1.54) is 6.07 Å². The smallest absolute Gasteiger partial charge is 0.308 e.